The van der Waals surface area contributed by atoms with E-state index < -0.39 is 23.6 Å². The zero-order valence-corrected chi connectivity index (χ0v) is 20.3. The monoisotopic (exact) mass is 508 g/mol. The number of ether oxygens (including phenoxy) is 1. The number of fused-ring (bicyclic) bond motifs is 1. The molecule has 0 amide bonds. The molecule has 0 saturated carbocycles. The maximum Gasteiger partial charge on any atom is 0.309 e. The Balaban J connectivity index is 1.37. The van der Waals surface area contributed by atoms with Crippen molar-refractivity contribution in [3.8, 4) is 17.0 Å². The molecule has 0 fully saturated rings. The fourth-order valence-electron chi connectivity index (χ4n) is 4.01. The number of nitrogens with zero attached hydrogens (tertiary/aromatic N) is 4. The van der Waals surface area contributed by atoms with Crippen LogP contribution < -0.4 is 10.3 Å². The average Bonchev–Trinajstić information content (AvgIpc) is 2.89. The van der Waals surface area contributed by atoms with Gasteiger partial charge >= 0.3 is 5.97 Å². The van der Waals surface area contributed by atoms with E-state index in [1.54, 1.807) is 37.6 Å². The number of aliphatic hydroxyl groups excluding tert-OH is 1. The summed E-state index contributed by atoms with van der Waals surface area (Å²) >= 11 is 6.06. The first-order valence-electron chi connectivity index (χ1n) is 11.4. The molecule has 0 radical (unpaired) electrons. The second kappa shape index (κ2) is 11.3. The number of pyridine rings is 1. The Bertz CT molecular complexity index is 1410. The van der Waals surface area contributed by atoms with Crippen molar-refractivity contribution >= 4 is 28.5 Å². The Morgan fingerprint density at radius 1 is 1.08 bits per heavy atom. The largest absolute Gasteiger partial charge is 0.481 e. The van der Waals surface area contributed by atoms with Crippen molar-refractivity contribution in [3.05, 3.63) is 81.7 Å². The van der Waals surface area contributed by atoms with Gasteiger partial charge in [-0.15, -0.1) is 5.10 Å². The Labute approximate surface area is 212 Å². The minimum Gasteiger partial charge on any atom is -0.481 e. The highest BCUT2D eigenvalue weighted by atomic mass is 35.5. The van der Waals surface area contributed by atoms with Gasteiger partial charge in [-0.1, -0.05) is 47.1 Å². The summed E-state index contributed by atoms with van der Waals surface area (Å²) in [5, 5.41) is 28.8. The number of carbonyl (C=O) groups is 1. The molecule has 4 rings (SSSR count). The molecular formula is C26H25ClN4O5. The van der Waals surface area contributed by atoms with Gasteiger partial charge in [0.1, 0.15) is 5.52 Å². The number of carboxylic acids is 1. The number of halogens is 1. The summed E-state index contributed by atoms with van der Waals surface area (Å²) in [6, 6.07) is 16.4. The normalized spacial score (nSPS) is 12.9. The van der Waals surface area contributed by atoms with Crippen molar-refractivity contribution in [1.29, 1.82) is 0 Å². The molecule has 0 saturated heterocycles. The van der Waals surface area contributed by atoms with E-state index in [4.69, 9.17) is 16.3 Å². The van der Waals surface area contributed by atoms with Crippen molar-refractivity contribution in [1.82, 2.24) is 20.0 Å². The minimum absolute atomic E-state index is 0.00685. The van der Waals surface area contributed by atoms with Crippen molar-refractivity contribution in [2.75, 3.05) is 7.11 Å². The lowest BCUT2D eigenvalue weighted by Gasteiger charge is -2.19. The fraction of sp³-hybridized carbons (Fsp3) is 0.269. The van der Waals surface area contributed by atoms with Crippen molar-refractivity contribution in [3.63, 3.8) is 0 Å². The van der Waals surface area contributed by atoms with Crippen LogP contribution in [0.25, 0.3) is 22.0 Å². The van der Waals surface area contributed by atoms with Gasteiger partial charge in [-0.2, -0.15) is 0 Å². The number of methoxy groups -OCH3 is 1. The van der Waals surface area contributed by atoms with Gasteiger partial charge in [0.15, 0.2) is 0 Å². The number of hydrogen-bond donors (Lipinski definition) is 2. The Morgan fingerprint density at radius 3 is 2.50 bits per heavy atom. The van der Waals surface area contributed by atoms with Crippen LogP contribution in [0.4, 0.5) is 0 Å². The van der Waals surface area contributed by atoms with Crippen molar-refractivity contribution in [2.45, 2.75) is 31.9 Å². The predicted octanol–water partition coefficient (Wildman–Crippen LogP) is 3.60. The third-order valence-corrected chi connectivity index (χ3v) is 6.40. The van der Waals surface area contributed by atoms with E-state index in [9.17, 15) is 19.8 Å². The van der Waals surface area contributed by atoms with Crippen LogP contribution in [0.3, 0.4) is 0 Å². The van der Waals surface area contributed by atoms with Crippen LogP contribution in [0.15, 0.2) is 65.6 Å². The lowest BCUT2D eigenvalue weighted by Crippen LogP contribution is -2.32. The predicted molar refractivity (Wildman–Crippen MR) is 135 cm³/mol. The average molecular weight is 509 g/mol. The van der Waals surface area contributed by atoms with Crippen LogP contribution >= 0.6 is 11.6 Å². The van der Waals surface area contributed by atoms with Gasteiger partial charge in [-0.3, -0.25) is 9.59 Å². The van der Waals surface area contributed by atoms with Gasteiger partial charge < -0.3 is 14.9 Å². The lowest BCUT2D eigenvalue weighted by atomic mass is 9.93. The molecule has 2 N–H and O–H groups in total. The fourth-order valence-corrected chi connectivity index (χ4v) is 4.22. The maximum absolute atomic E-state index is 12.7. The molecule has 36 heavy (non-hydrogen) atoms. The number of rotatable bonds is 10. The molecule has 0 spiro atoms. The second-order valence-corrected chi connectivity index (χ2v) is 8.79. The van der Waals surface area contributed by atoms with Gasteiger partial charge in [0.2, 0.25) is 5.88 Å². The summed E-state index contributed by atoms with van der Waals surface area (Å²) in [6.45, 7) is 0.00685. The molecule has 9 nitrogen and oxygen atoms in total. The van der Waals surface area contributed by atoms with Crippen LogP contribution in [-0.4, -0.2) is 49.4 Å². The summed E-state index contributed by atoms with van der Waals surface area (Å²) in [5.74, 6) is -1.65. The molecular weight excluding hydrogens is 484 g/mol. The molecule has 0 aliphatic rings. The summed E-state index contributed by atoms with van der Waals surface area (Å²) in [7, 11) is 1.56. The molecule has 0 aliphatic heterocycles. The number of aliphatic hydroxyl groups is 1. The van der Waals surface area contributed by atoms with E-state index in [0.29, 0.717) is 28.2 Å². The number of aromatic nitrogens is 4. The summed E-state index contributed by atoms with van der Waals surface area (Å²) < 4.78 is 6.18. The maximum atomic E-state index is 12.7. The molecule has 4 aromatic rings. The van der Waals surface area contributed by atoms with Crippen LogP contribution in [-0.2, 0) is 17.8 Å². The molecule has 2 heterocycles. The molecule has 0 bridgehead atoms. The van der Waals surface area contributed by atoms with E-state index in [1.807, 2.05) is 30.3 Å². The number of hydrogen-bond acceptors (Lipinski definition) is 7. The Morgan fingerprint density at radius 2 is 1.83 bits per heavy atom. The topological polar surface area (TPSA) is 127 Å². The number of aliphatic carboxylic acids is 1. The highest BCUT2D eigenvalue weighted by Gasteiger charge is 2.26. The summed E-state index contributed by atoms with van der Waals surface area (Å²) in [6.07, 6.45) is 1.43. The summed E-state index contributed by atoms with van der Waals surface area (Å²) in [5.41, 5.74) is 2.79. The Hall–Kier alpha value is -3.82. The highest BCUT2D eigenvalue weighted by Crippen LogP contribution is 2.23. The highest BCUT2D eigenvalue weighted by molar-refractivity contribution is 6.34. The van der Waals surface area contributed by atoms with Crippen molar-refractivity contribution < 1.29 is 19.7 Å². The Kier molecular flexibility index (Phi) is 7.92. The van der Waals surface area contributed by atoms with E-state index >= 15 is 0 Å². The third-order valence-electron chi connectivity index (χ3n) is 6.10. The van der Waals surface area contributed by atoms with Crippen LogP contribution in [0.2, 0.25) is 5.02 Å². The van der Waals surface area contributed by atoms with Crippen molar-refractivity contribution in [2.24, 2.45) is 5.92 Å². The standard InChI is InChI=1S/C26H25ClN4O5/c1-36-23-12-10-18(15-28-23)17-8-5-16(6-9-17)7-11-22(32)19(26(34)35)13-14-31-25(33)20-3-2-4-21(27)24(20)29-30-31/h2-6,8-10,12,15,19,22,32H,7,11,13-14H2,1H3,(H,34,35)/t19-,22+/m0/s1. The van der Waals surface area contributed by atoms with Crippen LogP contribution in [0.1, 0.15) is 18.4 Å². The van der Waals surface area contributed by atoms with E-state index in [0.717, 1.165) is 21.4 Å². The number of aryl methyl sites for hydroxylation is 2. The number of carboxylic acid groups (broad SMARTS) is 1. The van der Waals surface area contributed by atoms with E-state index in [1.165, 1.54) is 0 Å². The molecule has 10 heteroatoms. The zero-order chi connectivity index (χ0) is 25.7. The van der Waals surface area contributed by atoms with E-state index in [-0.39, 0.29) is 19.4 Å². The quantitative estimate of drug-likeness (QED) is 0.332. The zero-order valence-electron chi connectivity index (χ0n) is 19.5. The molecule has 2 aromatic carbocycles. The van der Waals surface area contributed by atoms with Gasteiger partial charge in [0.25, 0.3) is 5.56 Å². The van der Waals surface area contributed by atoms with Gasteiger partial charge in [-0.05, 0) is 48.6 Å². The lowest BCUT2D eigenvalue weighted by molar-refractivity contribution is -0.146. The molecule has 0 unspecified atom stereocenters. The van der Waals surface area contributed by atoms with Crippen LogP contribution in [0.5, 0.6) is 5.88 Å². The SMILES string of the molecule is COc1ccc(-c2ccc(CC[C@@H](O)[C@H](CCn3nnc4c(Cl)cccc4c3=O)C(=O)O)cc2)cn1. The summed E-state index contributed by atoms with van der Waals surface area (Å²) in [4.78, 5) is 28.7. The molecule has 0 aliphatic carbocycles. The number of benzene rings is 2. The van der Waals surface area contributed by atoms with Gasteiger partial charge in [-0.25, -0.2) is 9.67 Å². The first-order valence-corrected chi connectivity index (χ1v) is 11.8. The molecule has 2 atom stereocenters. The van der Waals surface area contributed by atoms with Gasteiger partial charge in [0.05, 0.1) is 29.5 Å². The first-order chi connectivity index (χ1) is 17.4. The van der Waals surface area contributed by atoms with Crippen LogP contribution in [0, 0.1) is 5.92 Å². The smallest absolute Gasteiger partial charge is 0.309 e. The van der Waals surface area contributed by atoms with E-state index in [2.05, 4.69) is 15.3 Å². The molecule has 2 aromatic heterocycles. The van der Waals surface area contributed by atoms with Gasteiger partial charge in [0, 0.05) is 24.4 Å². The minimum atomic E-state index is -1.13. The second-order valence-electron chi connectivity index (χ2n) is 8.38. The molecule has 186 valence electrons. The third kappa shape index (κ3) is 5.69. The first kappa shape index (κ1) is 25.3.